The Balaban J connectivity index is 0.000000886. The molecular weight excluding hydrogens is 496 g/mol. The van der Waals surface area contributed by atoms with Crippen molar-refractivity contribution in [2.45, 2.75) is 25.0 Å². The zero-order valence-corrected chi connectivity index (χ0v) is 21.9. The largest absolute Gasteiger partial charge is 0.493 e. The van der Waals surface area contributed by atoms with Crippen LogP contribution in [0, 0.1) is 0 Å². The molecule has 1 N–H and O–H groups in total. The number of piperidine rings is 1. The number of carbonyl (C=O) groups is 2. The fraction of sp³-hybridized carbons (Fsp3) is 0.333. The number of methoxy groups -OCH3 is 2. The van der Waals surface area contributed by atoms with Crippen LogP contribution in [0.3, 0.4) is 0 Å². The number of hydrogen-bond donors (Lipinski definition) is 1. The van der Waals surface area contributed by atoms with Crippen LogP contribution >= 0.6 is 11.6 Å². The van der Waals surface area contributed by atoms with Crippen molar-refractivity contribution in [3.63, 3.8) is 0 Å². The number of likely N-dealkylation sites (tertiary alicyclic amines) is 1. The first-order chi connectivity index (χ1) is 17.9. The Morgan fingerprint density at radius 2 is 1.92 bits per heavy atom. The molecule has 4 rings (SSSR count). The van der Waals surface area contributed by atoms with Gasteiger partial charge in [0.25, 0.3) is 0 Å². The Kier molecular flexibility index (Phi) is 10.2. The first-order valence-electron chi connectivity index (χ1n) is 11.7. The lowest BCUT2D eigenvalue weighted by atomic mass is 10.1. The number of fused-ring (bicyclic) bond motifs is 1. The van der Waals surface area contributed by atoms with Crippen LogP contribution in [0.15, 0.2) is 55.4 Å². The maximum Gasteiger partial charge on any atom is 0.333 e. The van der Waals surface area contributed by atoms with Crippen molar-refractivity contribution in [2.75, 3.05) is 39.7 Å². The zero-order valence-electron chi connectivity index (χ0n) is 21.1. The monoisotopic (exact) mass is 526 g/mol. The molecule has 2 heterocycles. The third-order valence-electron chi connectivity index (χ3n) is 5.88. The molecule has 1 atom stereocenters. The molecule has 1 aromatic heterocycles. The maximum atomic E-state index is 12.6. The lowest BCUT2D eigenvalue weighted by Crippen LogP contribution is -2.35. The molecule has 9 nitrogen and oxygen atoms in total. The predicted molar refractivity (Wildman–Crippen MR) is 143 cm³/mol. The predicted octanol–water partition coefficient (Wildman–Crippen LogP) is 4.46. The summed E-state index contributed by atoms with van der Waals surface area (Å²) in [6, 6.07) is 9.94. The van der Waals surface area contributed by atoms with Gasteiger partial charge in [-0.1, -0.05) is 30.3 Å². The molecule has 37 heavy (non-hydrogen) atoms. The SMILES string of the molecule is C=CC=O.COC(=O)C(Nc1ncnc2cc(OC)c(OC3CCN(C)CC3)cc12)c1cccc(Cl)c1. The van der Waals surface area contributed by atoms with Gasteiger partial charge in [-0.3, -0.25) is 4.79 Å². The molecule has 1 aliphatic heterocycles. The molecule has 2 aromatic carbocycles. The summed E-state index contributed by atoms with van der Waals surface area (Å²) < 4.78 is 16.9. The van der Waals surface area contributed by atoms with Crippen molar-refractivity contribution in [3.8, 4) is 11.5 Å². The molecule has 0 saturated carbocycles. The third kappa shape index (κ3) is 7.41. The number of allylic oxidation sites excluding steroid dienone is 1. The van der Waals surface area contributed by atoms with Crippen LogP contribution in [0.4, 0.5) is 5.82 Å². The van der Waals surface area contributed by atoms with Crippen LogP contribution in [0.1, 0.15) is 24.4 Å². The number of aldehydes is 1. The topological polar surface area (TPSA) is 103 Å². The Hall–Kier alpha value is -3.69. The van der Waals surface area contributed by atoms with E-state index in [-0.39, 0.29) is 6.10 Å². The van der Waals surface area contributed by atoms with Crippen LogP contribution in [0.25, 0.3) is 10.9 Å². The second kappa shape index (κ2) is 13.6. The number of esters is 1. The van der Waals surface area contributed by atoms with Gasteiger partial charge in [-0.2, -0.15) is 0 Å². The first kappa shape index (κ1) is 27.9. The molecule has 196 valence electrons. The van der Waals surface area contributed by atoms with Crippen molar-refractivity contribution in [2.24, 2.45) is 0 Å². The highest BCUT2D eigenvalue weighted by Gasteiger charge is 2.25. The summed E-state index contributed by atoms with van der Waals surface area (Å²) in [4.78, 5) is 32.7. The molecule has 10 heteroatoms. The van der Waals surface area contributed by atoms with Gasteiger partial charge >= 0.3 is 5.97 Å². The molecule has 0 aliphatic carbocycles. The molecule has 1 unspecified atom stereocenters. The van der Waals surface area contributed by atoms with Gasteiger partial charge in [-0.25, -0.2) is 14.8 Å². The van der Waals surface area contributed by atoms with Crippen molar-refractivity contribution in [3.05, 3.63) is 66.0 Å². The van der Waals surface area contributed by atoms with E-state index in [0.717, 1.165) is 25.9 Å². The number of anilines is 1. The molecule has 3 aromatic rings. The summed E-state index contributed by atoms with van der Waals surface area (Å²) >= 11 is 6.15. The van der Waals surface area contributed by atoms with E-state index in [2.05, 4.69) is 33.8 Å². The molecule has 0 bridgehead atoms. The van der Waals surface area contributed by atoms with E-state index >= 15 is 0 Å². The van der Waals surface area contributed by atoms with E-state index in [1.54, 1.807) is 25.3 Å². The Morgan fingerprint density at radius 3 is 2.54 bits per heavy atom. The summed E-state index contributed by atoms with van der Waals surface area (Å²) in [5.41, 5.74) is 1.33. The number of aromatic nitrogens is 2. The van der Waals surface area contributed by atoms with Crippen molar-refractivity contribution < 1.29 is 23.8 Å². The highest BCUT2D eigenvalue weighted by atomic mass is 35.5. The molecule has 1 aliphatic rings. The van der Waals surface area contributed by atoms with E-state index in [1.807, 2.05) is 18.2 Å². The van der Waals surface area contributed by atoms with Crippen LogP contribution in [0.2, 0.25) is 5.02 Å². The number of hydrogen-bond acceptors (Lipinski definition) is 9. The number of rotatable bonds is 8. The lowest BCUT2D eigenvalue weighted by molar-refractivity contribution is -0.141. The highest BCUT2D eigenvalue weighted by Crippen LogP contribution is 2.36. The van der Waals surface area contributed by atoms with Crippen LogP contribution in [-0.2, 0) is 14.3 Å². The molecule has 0 spiro atoms. The summed E-state index contributed by atoms with van der Waals surface area (Å²) in [5, 5.41) is 4.43. The molecule has 0 radical (unpaired) electrons. The number of ether oxygens (including phenoxy) is 3. The average molecular weight is 527 g/mol. The van der Waals surface area contributed by atoms with E-state index in [4.69, 9.17) is 30.6 Å². The van der Waals surface area contributed by atoms with Gasteiger partial charge < -0.3 is 24.4 Å². The summed E-state index contributed by atoms with van der Waals surface area (Å²) in [7, 11) is 5.06. The maximum absolute atomic E-state index is 12.6. The van der Waals surface area contributed by atoms with Gasteiger partial charge in [0.05, 0.1) is 19.7 Å². The molecule has 1 saturated heterocycles. The fourth-order valence-corrected chi connectivity index (χ4v) is 4.13. The first-order valence-corrected chi connectivity index (χ1v) is 12.1. The molecule has 0 amide bonds. The molecular formula is C27H31ClN4O5. The Labute approximate surface area is 221 Å². The summed E-state index contributed by atoms with van der Waals surface area (Å²) in [6.45, 7) is 5.08. The minimum Gasteiger partial charge on any atom is -0.493 e. The Bertz CT molecular complexity index is 1220. The van der Waals surface area contributed by atoms with Crippen LogP contribution < -0.4 is 14.8 Å². The van der Waals surface area contributed by atoms with Crippen LogP contribution in [0.5, 0.6) is 11.5 Å². The quantitative estimate of drug-likeness (QED) is 0.259. The minimum absolute atomic E-state index is 0.0999. The van der Waals surface area contributed by atoms with E-state index in [9.17, 15) is 4.79 Å². The number of carbonyl (C=O) groups excluding carboxylic acids is 2. The number of nitrogens with one attached hydrogen (secondary N) is 1. The van der Waals surface area contributed by atoms with Gasteiger partial charge in [0.15, 0.2) is 17.5 Å². The average Bonchev–Trinajstić information content (AvgIpc) is 2.92. The number of nitrogens with zero attached hydrogens (tertiary/aromatic N) is 3. The highest BCUT2D eigenvalue weighted by molar-refractivity contribution is 6.30. The minimum atomic E-state index is -0.799. The van der Waals surface area contributed by atoms with E-state index in [0.29, 0.717) is 45.1 Å². The fourth-order valence-electron chi connectivity index (χ4n) is 3.93. The van der Waals surface area contributed by atoms with Crippen LogP contribution in [-0.4, -0.2) is 67.6 Å². The number of benzene rings is 2. The standard InChI is InChI=1S/C24H27ClN4O4.C3H4O/c1-29-9-7-17(8-10-29)33-21-12-18-19(13-20(21)31-2)26-14-27-23(18)28-22(24(30)32-3)15-5-4-6-16(25)11-15;1-2-3-4/h4-6,11-14,17,22H,7-10H2,1-3H3,(H,26,27,28);2-3H,1H2. The normalized spacial score (nSPS) is 14.6. The third-order valence-corrected chi connectivity index (χ3v) is 6.11. The zero-order chi connectivity index (χ0) is 26.8. The smallest absolute Gasteiger partial charge is 0.333 e. The molecule has 1 fully saturated rings. The second-order valence-corrected chi connectivity index (χ2v) is 8.83. The van der Waals surface area contributed by atoms with Crippen molar-refractivity contribution in [1.82, 2.24) is 14.9 Å². The van der Waals surface area contributed by atoms with Gasteiger partial charge in [0, 0.05) is 29.6 Å². The van der Waals surface area contributed by atoms with Gasteiger partial charge in [0.1, 0.15) is 24.5 Å². The van der Waals surface area contributed by atoms with Gasteiger partial charge in [-0.05, 0) is 49.7 Å². The van der Waals surface area contributed by atoms with E-state index in [1.165, 1.54) is 19.5 Å². The van der Waals surface area contributed by atoms with Gasteiger partial charge in [0.2, 0.25) is 0 Å². The number of halogens is 1. The van der Waals surface area contributed by atoms with Gasteiger partial charge in [-0.15, -0.1) is 0 Å². The Morgan fingerprint density at radius 1 is 1.19 bits per heavy atom. The lowest BCUT2D eigenvalue weighted by Gasteiger charge is -2.29. The van der Waals surface area contributed by atoms with E-state index < -0.39 is 12.0 Å². The van der Waals surface area contributed by atoms with Crippen molar-refractivity contribution >= 4 is 40.6 Å². The summed E-state index contributed by atoms with van der Waals surface area (Å²) in [6.07, 6.45) is 5.25. The van der Waals surface area contributed by atoms with Crippen molar-refractivity contribution in [1.29, 1.82) is 0 Å². The summed E-state index contributed by atoms with van der Waals surface area (Å²) in [5.74, 6) is 1.24. The second-order valence-electron chi connectivity index (χ2n) is 8.39.